The van der Waals surface area contributed by atoms with E-state index in [9.17, 15) is 5.21 Å². The Hall–Kier alpha value is -2.78. The molecular formula is C20H16NO2. The summed E-state index contributed by atoms with van der Waals surface area (Å²) in [6, 6.07) is 23.4. The molecule has 1 aliphatic heterocycles. The zero-order valence-corrected chi connectivity index (χ0v) is 12.8. The predicted octanol–water partition coefficient (Wildman–Crippen LogP) is 5.43. The molecule has 0 saturated carbocycles. The second-order valence-electron chi connectivity index (χ2n) is 5.72. The maximum absolute atomic E-state index is 12.7. The van der Waals surface area contributed by atoms with Crippen LogP contribution in [0, 0.1) is 0 Å². The van der Waals surface area contributed by atoms with Crippen LogP contribution in [0.4, 0.5) is 11.4 Å². The summed E-state index contributed by atoms with van der Waals surface area (Å²) in [7, 11) is 0. The average Bonchev–Trinajstić information content (AvgIpc) is 2.62. The molecule has 0 fully saturated rings. The molecule has 3 aromatic rings. The second kappa shape index (κ2) is 5.45. The molecule has 3 nitrogen and oxygen atoms in total. The highest BCUT2D eigenvalue weighted by Crippen LogP contribution is 2.46. The molecule has 0 spiro atoms. The van der Waals surface area contributed by atoms with E-state index in [1.54, 1.807) is 6.07 Å². The van der Waals surface area contributed by atoms with Gasteiger partial charge in [0.05, 0.1) is 0 Å². The van der Waals surface area contributed by atoms with Crippen molar-refractivity contribution in [3.8, 4) is 11.5 Å². The lowest BCUT2D eigenvalue weighted by molar-refractivity contribution is 0.188. The first-order valence-corrected chi connectivity index (χ1v) is 7.67. The summed E-state index contributed by atoms with van der Waals surface area (Å²) in [6.45, 7) is 2.14. The maximum Gasteiger partial charge on any atom is 0.153 e. The molecule has 1 unspecified atom stereocenters. The van der Waals surface area contributed by atoms with Gasteiger partial charge < -0.3 is 4.74 Å². The first-order chi connectivity index (χ1) is 11.2. The van der Waals surface area contributed by atoms with Crippen molar-refractivity contribution in [1.82, 2.24) is 0 Å². The van der Waals surface area contributed by atoms with Gasteiger partial charge in [0.2, 0.25) is 0 Å². The number of anilines is 2. The van der Waals surface area contributed by atoms with Crippen LogP contribution in [-0.4, -0.2) is 0 Å². The molecule has 0 N–H and O–H groups in total. The van der Waals surface area contributed by atoms with Gasteiger partial charge in [-0.15, -0.1) is 0 Å². The summed E-state index contributed by atoms with van der Waals surface area (Å²) >= 11 is 0. The highest BCUT2D eigenvalue weighted by molar-refractivity contribution is 5.76. The van der Waals surface area contributed by atoms with Gasteiger partial charge >= 0.3 is 0 Å². The third-order valence-electron chi connectivity index (χ3n) is 4.31. The van der Waals surface area contributed by atoms with Crippen molar-refractivity contribution >= 4 is 11.4 Å². The fraction of sp³-hybridized carbons (Fsp3) is 0.100. The standard InChI is InChI=1S/C20H16NO2/c1-14(15-7-3-2-4-8-15)16-11-12-20-18(13-16)21(22)17-9-5-6-10-19(17)23-20/h2-14H,1H3. The van der Waals surface area contributed by atoms with E-state index in [1.165, 1.54) is 5.56 Å². The lowest BCUT2D eigenvalue weighted by atomic mass is 9.92. The first-order valence-electron chi connectivity index (χ1n) is 7.67. The molecule has 4 rings (SSSR count). The van der Waals surface area contributed by atoms with Gasteiger partial charge in [0.25, 0.3) is 0 Å². The Bertz CT molecular complexity index is 845. The van der Waals surface area contributed by atoms with Gasteiger partial charge in [-0.1, -0.05) is 60.7 Å². The average molecular weight is 302 g/mol. The molecule has 0 aromatic heterocycles. The van der Waals surface area contributed by atoms with Gasteiger partial charge in [-0.2, -0.15) is 5.06 Å². The van der Waals surface area contributed by atoms with E-state index in [2.05, 4.69) is 19.1 Å². The highest BCUT2D eigenvalue weighted by Gasteiger charge is 2.25. The van der Waals surface area contributed by atoms with Crippen LogP contribution >= 0.6 is 0 Å². The molecule has 0 bridgehead atoms. The summed E-state index contributed by atoms with van der Waals surface area (Å²) in [6.07, 6.45) is 0. The summed E-state index contributed by atoms with van der Waals surface area (Å²) in [4.78, 5) is 0. The van der Waals surface area contributed by atoms with Gasteiger partial charge in [-0.25, -0.2) is 0 Å². The molecular weight excluding hydrogens is 286 g/mol. The fourth-order valence-electron chi connectivity index (χ4n) is 2.94. The van der Waals surface area contributed by atoms with Crippen LogP contribution in [0.3, 0.4) is 0 Å². The van der Waals surface area contributed by atoms with Crippen LogP contribution in [-0.2, 0) is 5.21 Å². The minimum atomic E-state index is 0.215. The van der Waals surface area contributed by atoms with E-state index in [0.29, 0.717) is 22.9 Å². The molecule has 1 radical (unpaired) electrons. The van der Waals surface area contributed by atoms with Crippen LogP contribution in [0.15, 0.2) is 72.8 Å². The van der Waals surface area contributed by atoms with Crippen LogP contribution in [0.25, 0.3) is 0 Å². The van der Waals surface area contributed by atoms with Crippen LogP contribution in [0.5, 0.6) is 11.5 Å². The van der Waals surface area contributed by atoms with Crippen molar-refractivity contribution in [1.29, 1.82) is 0 Å². The first kappa shape index (κ1) is 13.9. The number of para-hydroxylation sites is 2. The Morgan fingerprint density at radius 2 is 1.48 bits per heavy atom. The smallest absolute Gasteiger partial charge is 0.153 e. The van der Waals surface area contributed by atoms with Crippen molar-refractivity contribution in [2.45, 2.75) is 12.8 Å². The molecule has 3 aromatic carbocycles. The summed E-state index contributed by atoms with van der Waals surface area (Å²) in [5.41, 5.74) is 3.43. The van der Waals surface area contributed by atoms with Crippen molar-refractivity contribution in [3.63, 3.8) is 0 Å². The molecule has 3 heteroatoms. The minimum absolute atomic E-state index is 0.215. The number of rotatable bonds is 2. The molecule has 23 heavy (non-hydrogen) atoms. The quantitative estimate of drug-likeness (QED) is 0.632. The van der Waals surface area contributed by atoms with Crippen molar-refractivity contribution in [3.05, 3.63) is 83.9 Å². The van der Waals surface area contributed by atoms with Gasteiger partial charge in [-0.3, -0.25) is 0 Å². The van der Waals surface area contributed by atoms with Crippen molar-refractivity contribution < 1.29 is 9.94 Å². The predicted molar refractivity (Wildman–Crippen MR) is 89.7 cm³/mol. The van der Waals surface area contributed by atoms with Crippen LogP contribution in [0.1, 0.15) is 24.0 Å². The van der Waals surface area contributed by atoms with Crippen LogP contribution < -0.4 is 9.80 Å². The third-order valence-corrected chi connectivity index (χ3v) is 4.31. The van der Waals surface area contributed by atoms with E-state index in [4.69, 9.17) is 4.74 Å². The number of benzene rings is 3. The molecule has 113 valence electrons. The van der Waals surface area contributed by atoms with E-state index in [0.717, 1.165) is 10.6 Å². The molecule has 1 aliphatic rings. The minimum Gasteiger partial charge on any atom is -0.453 e. The molecule has 0 saturated heterocycles. The summed E-state index contributed by atoms with van der Waals surface area (Å²) in [5, 5.41) is 13.6. The van der Waals surface area contributed by atoms with E-state index in [-0.39, 0.29) is 5.92 Å². The number of ether oxygens (including phenoxy) is 1. The van der Waals surface area contributed by atoms with Crippen molar-refractivity contribution in [2.24, 2.45) is 0 Å². The second-order valence-corrected chi connectivity index (χ2v) is 5.72. The number of nitrogens with zero attached hydrogens (tertiary/aromatic N) is 1. The normalized spacial score (nSPS) is 13.7. The molecule has 0 aliphatic carbocycles. The topological polar surface area (TPSA) is 32.4 Å². The highest BCUT2D eigenvalue weighted by atomic mass is 16.5. The largest absolute Gasteiger partial charge is 0.453 e. The van der Waals surface area contributed by atoms with E-state index in [1.807, 2.05) is 54.6 Å². The lowest BCUT2D eigenvalue weighted by Crippen LogP contribution is -2.15. The van der Waals surface area contributed by atoms with Crippen molar-refractivity contribution in [2.75, 3.05) is 5.06 Å². The molecule has 0 amide bonds. The Labute approximate surface area is 135 Å². The Morgan fingerprint density at radius 1 is 0.783 bits per heavy atom. The monoisotopic (exact) mass is 302 g/mol. The lowest BCUT2D eigenvalue weighted by Gasteiger charge is -2.27. The molecule has 1 atom stereocenters. The number of fused-ring (bicyclic) bond motifs is 2. The van der Waals surface area contributed by atoms with Crippen LogP contribution in [0.2, 0.25) is 0 Å². The zero-order valence-electron chi connectivity index (χ0n) is 12.8. The maximum atomic E-state index is 12.7. The number of hydrogen-bond acceptors (Lipinski definition) is 2. The van der Waals surface area contributed by atoms with E-state index >= 15 is 0 Å². The van der Waals surface area contributed by atoms with Gasteiger partial charge in [0.1, 0.15) is 11.4 Å². The fourth-order valence-corrected chi connectivity index (χ4v) is 2.94. The van der Waals surface area contributed by atoms with E-state index < -0.39 is 0 Å². The number of hydrogen-bond donors (Lipinski definition) is 0. The Morgan fingerprint density at radius 3 is 2.30 bits per heavy atom. The van der Waals surface area contributed by atoms with Gasteiger partial charge in [0.15, 0.2) is 11.5 Å². The zero-order chi connectivity index (χ0) is 15.8. The summed E-state index contributed by atoms with van der Waals surface area (Å²) < 4.78 is 5.85. The molecule has 1 heterocycles. The Balaban J connectivity index is 1.74. The third kappa shape index (κ3) is 2.35. The van der Waals surface area contributed by atoms with Gasteiger partial charge in [-0.05, 0) is 35.4 Å². The van der Waals surface area contributed by atoms with Gasteiger partial charge in [0, 0.05) is 5.92 Å². The SMILES string of the molecule is CC(c1ccccc1)c1ccc2c(c1)N([O])c1ccccc1O2. The summed E-state index contributed by atoms with van der Waals surface area (Å²) in [5.74, 6) is 1.41. The Kier molecular flexibility index (Phi) is 3.28.